The maximum atomic E-state index is 3.17. The standard InChI is InChI=1S/C14H22N2/c1-15-12-14-6-4-13(5-7-14)8-11-16-9-2-3-10-16/h4-7,15H,2-3,8-12H2,1H3. The molecular weight excluding hydrogens is 196 g/mol. The summed E-state index contributed by atoms with van der Waals surface area (Å²) in [5.74, 6) is 0. The van der Waals surface area contributed by atoms with Crippen molar-refractivity contribution in [2.75, 3.05) is 26.7 Å². The van der Waals surface area contributed by atoms with Crippen LogP contribution in [0.15, 0.2) is 24.3 Å². The van der Waals surface area contributed by atoms with Gasteiger partial charge in [-0.15, -0.1) is 0 Å². The number of likely N-dealkylation sites (tertiary alicyclic amines) is 1. The van der Waals surface area contributed by atoms with Crippen LogP contribution in [-0.2, 0) is 13.0 Å². The molecule has 88 valence electrons. The summed E-state index contributed by atoms with van der Waals surface area (Å²) in [6, 6.07) is 9.00. The molecule has 1 aliphatic rings. The summed E-state index contributed by atoms with van der Waals surface area (Å²) < 4.78 is 0. The first-order valence-electron chi connectivity index (χ1n) is 6.33. The van der Waals surface area contributed by atoms with Gasteiger partial charge < -0.3 is 10.2 Å². The van der Waals surface area contributed by atoms with Gasteiger partial charge in [-0.05, 0) is 50.5 Å². The molecule has 0 bridgehead atoms. The SMILES string of the molecule is CNCc1ccc(CCN2CCCC2)cc1. The maximum Gasteiger partial charge on any atom is 0.0202 e. The van der Waals surface area contributed by atoms with Gasteiger partial charge in [0.15, 0.2) is 0 Å². The Morgan fingerprint density at radius 3 is 2.31 bits per heavy atom. The number of hydrogen-bond donors (Lipinski definition) is 1. The number of nitrogens with one attached hydrogen (secondary N) is 1. The Morgan fingerprint density at radius 1 is 1.06 bits per heavy atom. The van der Waals surface area contributed by atoms with Crippen molar-refractivity contribution in [1.29, 1.82) is 0 Å². The van der Waals surface area contributed by atoms with Crippen LogP contribution in [0.25, 0.3) is 0 Å². The van der Waals surface area contributed by atoms with Gasteiger partial charge in [-0.1, -0.05) is 24.3 Å². The van der Waals surface area contributed by atoms with Crippen molar-refractivity contribution in [3.05, 3.63) is 35.4 Å². The topological polar surface area (TPSA) is 15.3 Å². The highest BCUT2D eigenvalue weighted by atomic mass is 15.1. The van der Waals surface area contributed by atoms with Crippen LogP contribution in [0.3, 0.4) is 0 Å². The van der Waals surface area contributed by atoms with Crippen LogP contribution in [0.2, 0.25) is 0 Å². The minimum Gasteiger partial charge on any atom is -0.316 e. The van der Waals surface area contributed by atoms with E-state index in [-0.39, 0.29) is 0 Å². The van der Waals surface area contributed by atoms with Gasteiger partial charge in [0.2, 0.25) is 0 Å². The summed E-state index contributed by atoms with van der Waals surface area (Å²) in [5.41, 5.74) is 2.83. The van der Waals surface area contributed by atoms with Crippen molar-refractivity contribution in [3.63, 3.8) is 0 Å². The van der Waals surface area contributed by atoms with Gasteiger partial charge in [0.25, 0.3) is 0 Å². The second-order valence-electron chi connectivity index (χ2n) is 4.65. The predicted octanol–water partition coefficient (Wildman–Crippen LogP) is 2.04. The Bertz CT molecular complexity index is 299. The van der Waals surface area contributed by atoms with E-state index >= 15 is 0 Å². The van der Waals surface area contributed by atoms with Crippen LogP contribution < -0.4 is 5.32 Å². The molecule has 0 unspecified atom stereocenters. The fourth-order valence-corrected chi connectivity index (χ4v) is 2.32. The Balaban J connectivity index is 1.80. The van der Waals surface area contributed by atoms with Gasteiger partial charge in [-0.25, -0.2) is 0 Å². The zero-order valence-corrected chi connectivity index (χ0v) is 10.2. The van der Waals surface area contributed by atoms with Crippen molar-refractivity contribution in [2.45, 2.75) is 25.8 Å². The number of hydrogen-bond acceptors (Lipinski definition) is 2. The molecule has 1 fully saturated rings. The molecule has 0 spiro atoms. The molecule has 1 saturated heterocycles. The van der Waals surface area contributed by atoms with E-state index < -0.39 is 0 Å². The lowest BCUT2D eigenvalue weighted by Crippen LogP contribution is -2.21. The number of nitrogens with zero attached hydrogens (tertiary/aromatic N) is 1. The molecule has 0 saturated carbocycles. The predicted molar refractivity (Wildman–Crippen MR) is 68.6 cm³/mol. The molecule has 0 atom stereocenters. The molecule has 0 amide bonds. The minimum atomic E-state index is 0.965. The van der Waals surface area contributed by atoms with E-state index in [0.29, 0.717) is 0 Å². The zero-order valence-electron chi connectivity index (χ0n) is 10.2. The Morgan fingerprint density at radius 2 is 1.69 bits per heavy atom. The highest BCUT2D eigenvalue weighted by molar-refractivity contribution is 5.22. The Labute approximate surface area is 98.7 Å². The Kier molecular flexibility index (Phi) is 4.37. The summed E-state index contributed by atoms with van der Waals surface area (Å²) in [6.07, 6.45) is 3.97. The van der Waals surface area contributed by atoms with Crippen LogP contribution in [-0.4, -0.2) is 31.6 Å². The van der Waals surface area contributed by atoms with Gasteiger partial charge in [0, 0.05) is 13.1 Å². The van der Waals surface area contributed by atoms with Gasteiger partial charge in [-0.3, -0.25) is 0 Å². The molecule has 2 nitrogen and oxygen atoms in total. The average Bonchev–Trinajstić information content (AvgIpc) is 2.82. The molecule has 16 heavy (non-hydrogen) atoms. The molecular formula is C14H22N2. The van der Waals surface area contributed by atoms with E-state index in [1.807, 2.05) is 7.05 Å². The van der Waals surface area contributed by atoms with E-state index in [1.54, 1.807) is 0 Å². The van der Waals surface area contributed by atoms with E-state index in [0.717, 1.165) is 6.54 Å². The van der Waals surface area contributed by atoms with E-state index in [9.17, 15) is 0 Å². The monoisotopic (exact) mass is 218 g/mol. The molecule has 1 aromatic rings. The van der Waals surface area contributed by atoms with E-state index in [1.165, 1.54) is 50.0 Å². The first kappa shape index (κ1) is 11.6. The van der Waals surface area contributed by atoms with Crippen molar-refractivity contribution < 1.29 is 0 Å². The highest BCUT2D eigenvalue weighted by Crippen LogP contribution is 2.10. The first-order valence-corrected chi connectivity index (χ1v) is 6.33. The summed E-state index contributed by atoms with van der Waals surface area (Å²) in [5, 5.41) is 3.17. The van der Waals surface area contributed by atoms with Crippen LogP contribution in [0.4, 0.5) is 0 Å². The van der Waals surface area contributed by atoms with Gasteiger partial charge in [-0.2, -0.15) is 0 Å². The largest absolute Gasteiger partial charge is 0.316 e. The number of rotatable bonds is 5. The van der Waals surface area contributed by atoms with Crippen LogP contribution in [0.1, 0.15) is 24.0 Å². The minimum absolute atomic E-state index is 0.965. The quantitative estimate of drug-likeness (QED) is 0.813. The van der Waals surface area contributed by atoms with Crippen molar-refractivity contribution in [1.82, 2.24) is 10.2 Å². The summed E-state index contributed by atoms with van der Waals surface area (Å²) in [4.78, 5) is 2.57. The smallest absolute Gasteiger partial charge is 0.0202 e. The number of benzene rings is 1. The fourth-order valence-electron chi connectivity index (χ4n) is 2.32. The summed E-state index contributed by atoms with van der Waals surface area (Å²) >= 11 is 0. The van der Waals surface area contributed by atoms with Crippen molar-refractivity contribution in [3.8, 4) is 0 Å². The summed E-state index contributed by atoms with van der Waals surface area (Å²) in [7, 11) is 1.99. The molecule has 2 heteroatoms. The zero-order chi connectivity index (χ0) is 11.2. The Hall–Kier alpha value is -0.860. The molecule has 1 N–H and O–H groups in total. The lowest BCUT2D eigenvalue weighted by atomic mass is 10.1. The van der Waals surface area contributed by atoms with Gasteiger partial charge in [0.1, 0.15) is 0 Å². The van der Waals surface area contributed by atoms with Crippen molar-refractivity contribution >= 4 is 0 Å². The van der Waals surface area contributed by atoms with Crippen LogP contribution >= 0.6 is 0 Å². The lowest BCUT2D eigenvalue weighted by molar-refractivity contribution is 0.343. The molecule has 1 aliphatic heterocycles. The lowest BCUT2D eigenvalue weighted by Gasteiger charge is -2.14. The van der Waals surface area contributed by atoms with Crippen LogP contribution in [0.5, 0.6) is 0 Å². The average molecular weight is 218 g/mol. The maximum absolute atomic E-state index is 3.17. The first-order chi connectivity index (χ1) is 7.88. The highest BCUT2D eigenvalue weighted by Gasteiger charge is 2.10. The summed E-state index contributed by atoms with van der Waals surface area (Å²) in [6.45, 7) is 4.80. The second kappa shape index (κ2) is 6.02. The van der Waals surface area contributed by atoms with E-state index in [2.05, 4.69) is 34.5 Å². The molecule has 2 rings (SSSR count). The normalized spacial score (nSPS) is 16.8. The third-order valence-electron chi connectivity index (χ3n) is 3.32. The second-order valence-corrected chi connectivity index (χ2v) is 4.65. The van der Waals surface area contributed by atoms with E-state index in [4.69, 9.17) is 0 Å². The van der Waals surface area contributed by atoms with Crippen LogP contribution in [0, 0.1) is 0 Å². The van der Waals surface area contributed by atoms with Gasteiger partial charge in [0.05, 0.1) is 0 Å². The molecule has 1 heterocycles. The molecule has 0 radical (unpaired) electrons. The fraction of sp³-hybridized carbons (Fsp3) is 0.571. The van der Waals surface area contributed by atoms with Crippen molar-refractivity contribution in [2.24, 2.45) is 0 Å². The molecule has 1 aromatic carbocycles. The third-order valence-corrected chi connectivity index (χ3v) is 3.32. The third kappa shape index (κ3) is 3.32. The van der Waals surface area contributed by atoms with Gasteiger partial charge >= 0.3 is 0 Å². The molecule has 0 aliphatic carbocycles. The molecule has 0 aromatic heterocycles.